The summed E-state index contributed by atoms with van der Waals surface area (Å²) in [6.07, 6.45) is 4.64. The fraction of sp³-hybridized carbons (Fsp3) is 0.381. The van der Waals surface area contributed by atoms with E-state index in [2.05, 4.69) is 20.1 Å². The number of hydrogen-bond acceptors (Lipinski definition) is 11. The highest BCUT2D eigenvalue weighted by Crippen LogP contribution is 2.30. The molecule has 2 fully saturated rings. The monoisotopic (exact) mass is 862 g/mol. The number of nitro groups is 1. The highest BCUT2D eigenvalue weighted by atomic mass is 32.2. The van der Waals surface area contributed by atoms with Gasteiger partial charge in [-0.2, -0.15) is 0 Å². The number of hydrogen-bond donors (Lipinski definition) is 7. The first-order chi connectivity index (χ1) is 28.4. The Hall–Kier alpha value is -5.56. The Bertz CT molecular complexity index is 2340. The molecule has 6 rings (SSSR count). The number of sulfonamides is 2. The largest absolute Gasteiger partial charge is 0.397 e. The van der Waals surface area contributed by atoms with E-state index in [1.807, 2.05) is 74.5 Å². The lowest BCUT2D eigenvalue weighted by Crippen LogP contribution is -2.41. The standard InChI is InChI=1S/C21H26N4O5S.C21H28N4O3S/c1-14(15-5-3-2-4-6-15)23-21(26)16-7-9-17(10-8-16)24-31(29,30)18-11-12-19(22)20(13-18)25(27)28;1-14(15-5-3-2-4-6-15)24-21(26)16-7-9-17(10-8-16)25-29(27,28)18-11-12-19(22)20(23)13-18/h2-6,11-14,16-17,24H,7-10,22H2,1H3,(H,23,26);2-6,11-14,16-17,25H,7-10,22-23H2,1H3,(H,24,26)/t2*14-,16?,17?/m11/s1. The molecule has 2 aliphatic carbocycles. The van der Waals surface area contributed by atoms with E-state index in [-0.39, 0.29) is 69.0 Å². The molecule has 4 aromatic carbocycles. The number of carbonyl (C=O) groups is 2. The minimum atomic E-state index is -3.94. The predicted octanol–water partition coefficient (Wildman–Crippen LogP) is 5.46. The van der Waals surface area contributed by atoms with Crippen LogP contribution in [0.15, 0.2) is 107 Å². The van der Waals surface area contributed by atoms with Crippen LogP contribution in [0.5, 0.6) is 0 Å². The normalized spacial score (nSPS) is 20.4. The number of nitrogen functional groups attached to an aromatic ring is 3. The molecule has 2 atom stereocenters. The number of amides is 2. The Morgan fingerprint density at radius 1 is 0.583 bits per heavy atom. The smallest absolute Gasteiger partial charge is 0.293 e. The van der Waals surface area contributed by atoms with Crippen LogP contribution in [0.25, 0.3) is 0 Å². The molecule has 0 saturated heterocycles. The zero-order valence-electron chi connectivity index (χ0n) is 33.6. The molecule has 2 aliphatic rings. The van der Waals surface area contributed by atoms with Gasteiger partial charge >= 0.3 is 0 Å². The van der Waals surface area contributed by atoms with Crippen LogP contribution in [0, 0.1) is 22.0 Å². The van der Waals surface area contributed by atoms with Crippen molar-refractivity contribution in [2.24, 2.45) is 11.8 Å². The average molecular weight is 863 g/mol. The molecule has 322 valence electrons. The van der Waals surface area contributed by atoms with Gasteiger partial charge in [0.2, 0.25) is 31.9 Å². The van der Waals surface area contributed by atoms with Gasteiger partial charge in [-0.05, 0) is 107 Å². The van der Waals surface area contributed by atoms with Gasteiger partial charge in [0, 0.05) is 30.0 Å². The van der Waals surface area contributed by atoms with Crippen molar-refractivity contribution >= 4 is 54.6 Å². The number of nitrogens with one attached hydrogen (secondary N) is 4. The molecule has 10 N–H and O–H groups in total. The molecular formula is C42H54N8O8S2. The molecule has 0 heterocycles. The quantitative estimate of drug-likeness (QED) is 0.0504. The zero-order chi connectivity index (χ0) is 43.6. The Morgan fingerprint density at radius 2 is 0.967 bits per heavy atom. The van der Waals surface area contributed by atoms with Crippen LogP contribution in [0.3, 0.4) is 0 Å². The lowest BCUT2D eigenvalue weighted by molar-refractivity contribution is -0.384. The lowest BCUT2D eigenvalue weighted by Gasteiger charge is -2.29. The van der Waals surface area contributed by atoms with Gasteiger partial charge in [0.1, 0.15) is 5.69 Å². The highest BCUT2D eigenvalue weighted by molar-refractivity contribution is 7.89. The summed E-state index contributed by atoms with van der Waals surface area (Å²) in [6, 6.07) is 26.5. The molecule has 4 aromatic rings. The van der Waals surface area contributed by atoms with Crippen LogP contribution in [0.4, 0.5) is 22.7 Å². The third-order valence-electron chi connectivity index (χ3n) is 11.0. The second-order valence-electron chi connectivity index (χ2n) is 15.4. The Labute approximate surface area is 351 Å². The van der Waals surface area contributed by atoms with Crippen molar-refractivity contribution in [1.82, 2.24) is 20.1 Å². The summed E-state index contributed by atoms with van der Waals surface area (Å²) in [4.78, 5) is 35.4. The Balaban J connectivity index is 0.000000228. The van der Waals surface area contributed by atoms with Gasteiger partial charge in [-0.15, -0.1) is 0 Å². The Kier molecular flexibility index (Phi) is 15.3. The first kappa shape index (κ1) is 45.5. The first-order valence-corrected chi connectivity index (χ1v) is 22.8. The SMILES string of the molecule is C[C@@H](NC(=O)C1CCC(NS(=O)(=O)c2ccc(N)c(N)c2)CC1)c1ccccc1.C[C@@H](NC(=O)C1CCC(NS(=O)(=O)c2ccc(N)c([N+](=O)[O-])c2)CC1)c1ccccc1. The van der Waals surface area contributed by atoms with Crippen LogP contribution in [-0.2, 0) is 29.6 Å². The van der Waals surface area contributed by atoms with E-state index in [4.69, 9.17) is 17.2 Å². The number of nitrogens with two attached hydrogens (primary N) is 3. The van der Waals surface area contributed by atoms with Gasteiger partial charge in [0.25, 0.3) is 5.69 Å². The minimum Gasteiger partial charge on any atom is -0.397 e. The maximum atomic E-state index is 12.7. The van der Waals surface area contributed by atoms with Gasteiger partial charge in [0.05, 0.1) is 38.2 Å². The van der Waals surface area contributed by atoms with Gasteiger partial charge in [-0.3, -0.25) is 19.7 Å². The average Bonchev–Trinajstić information content (AvgIpc) is 3.22. The van der Waals surface area contributed by atoms with Crippen LogP contribution in [-0.4, -0.2) is 45.7 Å². The second-order valence-corrected chi connectivity index (χ2v) is 18.8. The summed E-state index contributed by atoms with van der Waals surface area (Å²) in [5.41, 5.74) is 19.0. The van der Waals surface area contributed by atoms with Crippen molar-refractivity contribution in [3.8, 4) is 0 Å². The molecule has 18 heteroatoms. The predicted molar refractivity (Wildman–Crippen MR) is 231 cm³/mol. The molecule has 0 aromatic heterocycles. The summed E-state index contributed by atoms with van der Waals surface area (Å²) < 4.78 is 55.8. The van der Waals surface area contributed by atoms with Gasteiger partial charge in [-0.1, -0.05) is 60.7 Å². The lowest BCUT2D eigenvalue weighted by atomic mass is 9.85. The molecule has 0 bridgehead atoms. The number of rotatable bonds is 13. The third kappa shape index (κ3) is 12.2. The van der Waals surface area contributed by atoms with Gasteiger partial charge in [0.15, 0.2) is 0 Å². The molecule has 16 nitrogen and oxygen atoms in total. The fourth-order valence-electron chi connectivity index (χ4n) is 7.40. The van der Waals surface area contributed by atoms with E-state index in [0.29, 0.717) is 57.1 Å². The molecule has 0 spiro atoms. The fourth-order valence-corrected chi connectivity index (χ4v) is 10.1. The van der Waals surface area contributed by atoms with E-state index in [1.54, 1.807) is 0 Å². The molecule has 0 aliphatic heterocycles. The number of benzene rings is 4. The number of carbonyl (C=O) groups excluding carboxylic acids is 2. The first-order valence-electron chi connectivity index (χ1n) is 19.9. The van der Waals surface area contributed by atoms with Gasteiger partial charge in [-0.25, -0.2) is 26.3 Å². The molecule has 2 amide bonds. The molecule has 0 unspecified atom stereocenters. The topological polar surface area (TPSA) is 272 Å². The summed E-state index contributed by atoms with van der Waals surface area (Å²) in [5, 5.41) is 17.1. The molecule has 0 radical (unpaired) electrons. The van der Waals surface area contributed by atoms with Crippen LogP contribution >= 0.6 is 0 Å². The maximum absolute atomic E-state index is 12.7. The van der Waals surface area contributed by atoms with E-state index in [0.717, 1.165) is 17.2 Å². The van der Waals surface area contributed by atoms with Crippen LogP contribution in [0.1, 0.15) is 88.4 Å². The minimum absolute atomic E-state index is 0.0222. The van der Waals surface area contributed by atoms with Gasteiger partial charge < -0.3 is 27.8 Å². The third-order valence-corrected chi connectivity index (χ3v) is 14.1. The van der Waals surface area contributed by atoms with Crippen molar-refractivity contribution in [1.29, 1.82) is 0 Å². The summed E-state index contributed by atoms with van der Waals surface area (Å²) in [5.74, 6) is -0.292. The summed E-state index contributed by atoms with van der Waals surface area (Å²) in [7, 11) is -7.61. The van der Waals surface area contributed by atoms with Crippen molar-refractivity contribution in [3.05, 3.63) is 118 Å². The number of anilines is 3. The maximum Gasteiger partial charge on any atom is 0.293 e. The number of nitrogens with zero attached hydrogens (tertiary/aromatic N) is 1. The van der Waals surface area contributed by atoms with Crippen LogP contribution < -0.4 is 37.3 Å². The molecule has 2 saturated carbocycles. The van der Waals surface area contributed by atoms with E-state index < -0.39 is 30.7 Å². The Morgan fingerprint density at radius 3 is 1.35 bits per heavy atom. The van der Waals surface area contributed by atoms with Crippen molar-refractivity contribution in [3.63, 3.8) is 0 Å². The number of nitro benzene ring substituents is 1. The van der Waals surface area contributed by atoms with E-state index in [9.17, 15) is 36.5 Å². The van der Waals surface area contributed by atoms with E-state index in [1.165, 1.54) is 30.3 Å². The van der Waals surface area contributed by atoms with Crippen LogP contribution in [0.2, 0.25) is 0 Å². The zero-order valence-corrected chi connectivity index (χ0v) is 35.3. The molecular weight excluding hydrogens is 809 g/mol. The summed E-state index contributed by atoms with van der Waals surface area (Å²) >= 11 is 0. The van der Waals surface area contributed by atoms with Crippen molar-refractivity contribution < 1.29 is 31.3 Å². The highest BCUT2D eigenvalue weighted by Gasteiger charge is 2.32. The summed E-state index contributed by atoms with van der Waals surface area (Å²) in [6.45, 7) is 3.89. The van der Waals surface area contributed by atoms with Crippen molar-refractivity contribution in [2.75, 3.05) is 17.2 Å². The molecule has 60 heavy (non-hydrogen) atoms. The van der Waals surface area contributed by atoms with Crippen molar-refractivity contribution in [2.45, 2.75) is 99.2 Å². The second kappa shape index (κ2) is 20.1. The van der Waals surface area contributed by atoms with E-state index >= 15 is 0 Å².